The van der Waals surface area contributed by atoms with Crippen molar-refractivity contribution in [3.05, 3.63) is 78.6 Å². The number of benzene rings is 2. The molecule has 0 radical (unpaired) electrons. The highest BCUT2D eigenvalue weighted by Gasteiger charge is 2.49. The fraction of sp³-hybridized carbons (Fsp3) is 0.574. The van der Waals surface area contributed by atoms with Gasteiger partial charge < -0.3 is 24.7 Å². The highest BCUT2D eigenvalue weighted by molar-refractivity contribution is 7.52. The van der Waals surface area contributed by atoms with Gasteiger partial charge >= 0.3 is 19.8 Å². The van der Waals surface area contributed by atoms with E-state index >= 15 is 4.57 Å². The van der Waals surface area contributed by atoms with Crippen LogP contribution in [0.1, 0.15) is 141 Å². The van der Waals surface area contributed by atoms with E-state index < -0.39 is 50.0 Å². The average molecular weight is 861 g/mol. The number of anilines is 1. The summed E-state index contributed by atoms with van der Waals surface area (Å²) in [5.74, 6) is 2.29. The molecule has 0 saturated heterocycles. The standard InChI is InChI=1S/C47H66FN6O6P/c1-4-7-9-11-13-15-21-27-38(28-22-16-14-12-10-8-5-2)59-45(56)40(31-36-25-19-17-20-26-36)53-61(57,60-39-29-23-18-24-30-39)58-34-47(6-3)33-37(32-41(47)55)54-35-50-42-43(49)51-46(48)52-44(42)54/h3,17-20,23-26,29-30,35,37-38,40-41,55H,4-5,7-16,21-22,27-28,31-34H2,1-2H3,(H,53,57)(H2,49,51,52)/t37-,40-,41-,47+,61+/m0/s1. The van der Waals surface area contributed by atoms with Gasteiger partial charge in [-0.2, -0.15) is 19.4 Å². The van der Waals surface area contributed by atoms with E-state index in [-0.39, 0.29) is 48.1 Å². The van der Waals surface area contributed by atoms with Gasteiger partial charge in [-0.15, -0.1) is 6.42 Å². The van der Waals surface area contributed by atoms with Crippen LogP contribution < -0.4 is 15.3 Å². The number of imidazole rings is 1. The van der Waals surface area contributed by atoms with E-state index in [2.05, 4.69) is 39.8 Å². The van der Waals surface area contributed by atoms with E-state index in [1.54, 1.807) is 34.9 Å². The van der Waals surface area contributed by atoms with Gasteiger partial charge in [0.1, 0.15) is 23.4 Å². The molecule has 14 heteroatoms. The Bertz CT molecular complexity index is 2000. The summed E-state index contributed by atoms with van der Waals surface area (Å²) < 4.78 is 49.6. The van der Waals surface area contributed by atoms with Crippen LogP contribution >= 0.6 is 7.75 Å². The number of aliphatic hydroxyl groups excluding tert-OH is 1. The first-order valence-corrected chi connectivity index (χ1v) is 24.0. The van der Waals surface area contributed by atoms with Crippen molar-refractivity contribution in [1.29, 1.82) is 0 Å². The quantitative estimate of drug-likeness (QED) is 0.0164. The summed E-state index contributed by atoms with van der Waals surface area (Å²) in [5, 5.41) is 14.5. The fourth-order valence-electron chi connectivity index (χ4n) is 8.16. The Labute approximate surface area is 361 Å². The predicted molar refractivity (Wildman–Crippen MR) is 238 cm³/mol. The molecule has 0 amide bonds. The van der Waals surface area contributed by atoms with Crippen LogP contribution in [-0.4, -0.2) is 55.5 Å². The highest BCUT2D eigenvalue weighted by Crippen LogP contribution is 2.51. The number of hydrogen-bond donors (Lipinski definition) is 3. The molecule has 12 nitrogen and oxygen atoms in total. The number of unbranched alkanes of at least 4 members (excludes halogenated alkanes) is 12. The molecule has 1 aliphatic carbocycles. The molecule has 332 valence electrons. The molecule has 4 N–H and O–H groups in total. The van der Waals surface area contributed by atoms with E-state index in [0.717, 1.165) is 56.9 Å². The number of halogens is 1. The lowest BCUT2D eigenvalue weighted by Crippen LogP contribution is -2.42. The van der Waals surface area contributed by atoms with E-state index in [1.807, 2.05) is 30.3 Å². The third-order valence-corrected chi connectivity index (χ3v) is 13.3. The van der Waals surface area contributed by atoms with Gasteiger partial charge in [0.05, 0.1) is 24.5 Å². The number of rotatable bonds is 28. The first-order chi connectivity index (χ1) is 29.6. The molecule has 1 aliphatic rings. The monoisotopic (exact) mass is 860 g/mol. The number of hydrogen-bond acceptors (Lipinski definition) is 10. The average Bonchev–Trinajstić information content (AvgIpc) is 3.83. The van der Waals surface area contributed by atoms with Gasteiger partial charge in [-0.3, -0.25) is 9.32 Å². The van der Waals surface area contributed by atoms with Crippen molar-refractivity contribution in [2.75, 3.05) is 12.3 Å². The van der Waals surface area contributed by atoms with Crippen LogP contribution in [0.3, 0.4) is 0 Å². The van der Waals surface area contributed by atoms with Crippen LogP contribution in [0.4, 0.5) is 10.2 Å². The summed E-state index contributed by atoms with van der Waals surface area (Å²) in [6.07, 6.45) is 23.3. The topological polar surface area (TPSA) is 164 Å². The summed E-state index contributed by atoms with van der Waals surface area (Å²) >= 11 is 0. The van der Waals surface area contributed by atoms with Gasteiger partial charge in [0.25, 0.3) is 0 Å². The minimum Gasteiger partial charge on any atom is -0.461 e. The first kappa shape index (κ1) is 47.7. The van der Waals surface area contributed by atoms with Gasteiger partial charge in [-0.25, -0.2) is 9.55 Å². The van der Waals surface area contributed by atoms with Crippen molar-refractivity contribution in [3.8, 4) is 18.1 Å². The number of nitrogen functional groups attached to an aromatic ring is 1. The highest BCUT2D eigenvalue weighted by atomic mass is 31.2. The van der Waals surface area contributed by atoms with Crippen LogP contribution in [0, 0.1) is 23.8 Å². The minimum atomic E-state index is -4.44. The van der Waals surface area contributed by atoms with Gasteiger partial charge in [-0.1, -0.05) is 145 Å². The maximum atomic E-state index is 15.1. The van der Waals surface area contributed by atoms with Crippen LogP contribution in [0.5, 0.6) is 5.75 Å². The van der Waals surface area contributed by atoms with E-state index in [9.17, 15) is 14.3 Å². The van der Waals surface area contributed by atoms with Crippen molar-refractivity contribution in [2.45, 2.75) is 160 Å². The van der Waals surface area contributed by atoms with Crippen molar-refractivity contribution in [3.63, 3.8) is 0 Å². The second kappa shape index (κ2) is 24.3. The molecule has 0 bridgehead atoms. The number of nitrogens with zero attached hydrogens (tertiary/aromatic N) is 4. The molecule has 1 fully saturated rings. The molecule has 0 spiro atoms. The Morgan fingerprint density at radius 2 is 1.54 bits per heavy atom. The molecule has 4 aromatic rings. The Balaban J connectivity index is 1.35. The number of aromatic nitrogens is 4. The van der Waals surface area contributed by atoms with Crippen molar-refractivity contribution < 1.29 is 32.6 Å². The summed E-state index contributed by atoms with van der Waals surface area (Å²) in [6.45, 7) is 4.03. The van der Waals surface area contributed by atoms with E-state index in [1.165, 1.54) is 57.7 Å². The summed E-state index contributed by atoms with van der Waals surface area (Å²) in [4.78, 5) is 26.2. The molecule has 2 aromatic carbocycles. The molecule has 0 aliphatic heterocycles. The Hall–Kier alpha value is -4.34. The van der Waals surface area contributed by atoms with Crippen molar-refractivity contribution in [1.82, 2.24) is 24.6 Å². The van der Waals surface area contributed by atoms with Gasteiger partial charge in [0.15, 0.2) is 11.5 Å². The zero-order valence-corrected chi connectivity index (χ0v) is 37.0. The molecule has 0 unspecified atom stereocenters. The second-order valence-electron chi connectivity index (χ2n) is 16.5. The molecule has 5 atom stereocenters. The lowest BCUT2D eigenvalue weighted by molar-refractivity contribution is -0.152. The Morgan fingerprint density at radius 3 is 2.15 bits per heavy atom. The molecular weight excluding hydrogens is 795 g/mol. The van der Waals surface area contributed by atoms with Crippen LogP contribution in [0.2, 0.25) is 0 Å². The third kappa shape index (κ3) is 14.4. The lowest BCUT2D eigenvalue weighted by Gasteiger charge is -2.31. The largest absolute Gasteiger partial charge is 0.461 e. The Morgan fingerprint density at radius 1 is 0.951 bits per heavy atom. The molecule has 2 heterocycles. The smallest absolute Gasteiger partial charge is 0.459 e. The van der Waals surface area contributed by atoms with Crippen molar-refractivity contribution >= 4 is 30.7 Å². The third-order valence-electron chi connectivity index (χ3n) is 11.7. The lowest BCUT2D eigenvalue weighted by atomic mass is 9.86. The number of para-hydroxylation sites is 1. The van der Waals surface area contributed by atoms with E-state index in [4.69, 9.17) is 25.9 Å². The summed E-state index contributed by atoms with van der Waals surface area (Å²) in [6, 6.07) is 16.4. The van der Waals surface area contributed by atoms with Crippen LogP contribution in [0.25, 0.3) is 11.2 Å². The van der Waals surface area contributed by atoms with Gasteiger partial charge in [0.2, 0.25) is 0 Å². The predicted octanol–water partition coefficient (Wildman–Crippen LogP) is 10.5. The number of nitrogens with two attached hydrogens (primary N) is 1. The van der Waals surface area contributed by atoms with E-state index in [0.29, 0.717) is 0 Å². The SMILES string of the molecule is C#C[C@]1(CO[P@](=O)(N[C@@H](Cc2ccccc2)C(=O)OC(CCCCCCCCC)CCCCCCCCC)Oc2ccccc2)C[C@@H](n2cnc3c(N)nc(F)nc32)C[C@@H]1O. The van der Waals surface area contributed by atoms with Crippen molar-refractivity contribution in [2.24, 2.45) is 5.41 Å². The number of ether oxygens (including phenoxy) is 1. The summed E-state index contributed by atoms with van der Waals surface area (Å²) in [7, 11) is -4.44. The molecule has 61 heavy (non-hydrogen) atoms. The molecule has 1 saturated carbocycles. The summed E-state index contributed by atoms with van der Waals surface area (Å²) in [5.41, 5.74) is 5.75. The number of esters is 1. The van der Waals surface area contributed by atoms with Gasteiger partial charge in [-0.05, 0) is 62.6 Å². The van der Waals surface area contributed by atoms with Crippen LogP contribution in [-0.2, 0) is 25.0 Å². The fourth-order valence-corrected chi connectivity index (χ4v) is 9.72. The number of carbonyl (C=O) groups is 1. The first-order valence-electron chi connectivity index (χ1n) is 22.4. The number of aliphatic hydroxyl groups is 1. The number of carbonyl (C=O) groups excluding carboxylic acids is 1. The van der Waals surface area contributed by atoms with Crippen LogP contribution in [0.15, 0.2) is 67.0 Å². The molecule has 2 aromatic heterocycles. The maximum Gasteiger partial charge on any atom is 0.459 e. The zero-order valence-electron chi connectivity index (χ0n) is 36.1. The molecular formula is C47H66FN6O6P. The number of nitrogens with one attached hydrogen (secondary N) is 1. The maximum absolute atomic E-state index is 15.1. The van der Waals surface area contributed by atoms with Gasteiger partial charge in [0, 0.05) is 6.04 Å². The Kier molecular flexibility index (Phi) is 19.0. The second-order valence-corrected chi connectivity index (χ2v) is 18.2. The number of fused-ring (bicyclic) bond motifs is 1. The number of terminal acetylenes is 1. The molecule has 5 rings (SSSR count). The normalized spacial score (nSPS) is 19.1. The zero-order chi connectivity index (χ0) is 43.5. The minimum absolute atomic E-state index is 0.109.